The molecule has 0 aliphatic carbocycles. The molecular formula is C52H56Br3N10O7+. The minimum atomic E-state index is -0.535. The van der Waals surface area contributed by atoms with Crippen LogP contribution < -0.4 is 14.2 Å². The van der Waals surface area contributed by atoms with E-state index in [0.29, 0.717) is 10.4 Å². The fourth-order valence-electron chi connectivity index (χ4n) is 4.80. The molecule has 2 N–H and O–H groups in total. The average Bonchev–Trinajstić information content (AvgIpc) is 3.76. The second kappa shape index (κ2) is 34.7. The van der Waals surface area contributed by atoms with E-state index in [0.717, 1.165) is 81.3 Å². The van der Waals surface area contributed by atoms with Crippen molar-refractivity contribution in [1.29, 1.82) is 0 Å². The quantitative estimate of drug-likeness (QED) is 0.0313. The Morgan fingerprint density at radius 2 is 1.19 bits per heavy atom. The van der Waals surface area contributed by atoms with E-state index in [4.69, 9.17) is 5.21 Å². The van der Waals surface area contributed by atoms with Crippen molar-refractivity contribution < 1.29 is 33.9 Å². The average molecular weight is 1170 g/mol. The SMILES string of the molecule is CC(=O)Br.CC(=O)C#Cc1ccnc(C)c1.Cc1cc(-c2cc(C)[nH]n2)ccn1.Cc1cc(Br)cc[n+]1O.Cc1cc(Br)ccn1.Cc1cc([N+](=O)[O-])cc[n+]1[O-].Cc1cccc[n+]1[O-].Cc1ccccn1. The third-order valence-electron chi connectivity index (χ3n) is 8.25. The number of aryl methyl sites for hydroxylation is 8. The zero-order valence-electron chi connectivity index (χ0n) is 41.4. The largest absolute Gasteiger partial charge is 0.619 e. The number of carbonyl (C=O) groups is 2. The van der Waals surface area contributed by atoms with Gasteiger partial charge in [0, 0.05) is 137 Å². The summed E-state index contributed by atoms with van der Waals surface area (Å²) in [6, 6.07) is 30.7. The Morgan fingerprint density at radius 1 is 0.625 bits per heavy atom. The van der Waals surface area contributed by atoms with E-state index >= 15 is 0 Å². The van der Waals surface area contributed by atoms with Crippen molar-refractivity contribution in [3.05, 3.63) is 227 Å². The second-order valence-corrected chi connectivity index (χ2v) is 17.7. The van der Waals surface area contributed by atoms with Crippen LogP contribution in [0.4, 0.5) is 5.69 Å². The van der Waals surface area contributed by atoms with Gasteiger partial charge in [-0.2, -0.15) is 14.6 Å². The lowest BCUT2D eigenvalue weighted by molar-refractivity contribution is -0.908. The molecule has 72 heavy (non-hydrogen) atoms. The van der Waals surface area contributed by atoms with Gasteiger partial charge in [0.15, 0.2) is 28.5 Å². The van der Waals surface area contributed by atoms with Crippen LogP contribution >= 0.6 is 47.8 Å². The van der Waals surface area contributed by atoms with Gasteiger partial charge in [-0.25, -0.2) is 0 Å². The standard InChI is InChI=1S/C10H11N3.C10H9NO.C6H7BrNO.C6H6BrN.C6H6N2O3.C6H7NO.C6H7N.C2H3BrO/c1-7-5-9(3-4-11-7)10-6-8(2)12-13-10;1-8-7-10(5-6-11-8)4-3-9(2)12;1-5-4-6(7)2-3-8(5)9;1-5-4-6(7)2-3-8-5;1-5-4-6(8(10)11)2-3-7(5)9;1-6-4-2-3-5-7(6)8;1-6-4-2-3-5-7-6;1-2(3)4/h3-6H,1-2H3,(H,12,13);5-7H,1-2H3;2-4,9H,1H3;2-4H,1H3;2-4H,1H3;2-5H,1H3;2-5H,1H3;1H3/q;;+1;;;;;. The first kappa shape index (κ1) is 62.4. The predicted octanol–water partition coefficient (Wildman–Crippen LogP) is 10.3. The van der Waals surface area contributed by atoms with E-state index in [1.807, 2.05) is 108 Å². The minimum Gasteiger partial charge on any atom is -0.619 e. The van der Waals surface area contributed by atoms with Crippen LogP contribution in [-0.2, 0) is 9.59 Å². The minimum absolute atomic E-state index is 0.0208. The molecule has 0 aliphatic rings. The van der Waals surface area contributed by atoms with Crippen molar-refractivity contribution >= 4 is 64.0 Å². The van der Waals surface area contributed by atoms with Crippen molar-refractivity contribution in [2.24, 2.45) is 0 Å². The van der Waals surface area contributed by atoms with Gasteiger partial charge in [-0.1, -0.05) is 49.9 Å². The first-order chi connectivity index (χ1) is 34.0. The number of hydrogen-bond donors (Lipinski definition) is 2. The van der Waals surface area contributed by atoms with Crippen LogP contribution in [0.2, 0.25) is 0 Å². The Bertz CT molecular complexity index is 2960. The second-order valence-electron chi connectivity index (χ2n) is 14.8. The molecule has 8 aromatic heterocycles. The molecule has 0 aliphatic heterocycles. The number of nitrogens with one attached hydrogen (secondary N) is 1. The highest BCUT2D eigenvalue weighted by molar-refractivity contribution is 9.18. The number of nitro groups is 1. The molecule has 8 rings (SSSR count). The van der Waals surface area contributed by atoms with E-state index in [9.17, 15) is 30.1 Å². The Morgan fingerprint density at radius 3 is 1.61 bits per heavy atom. The van der Waals surface area contributed by atoms with Crippen molar-refractivity contribution in [3.63, 3.8) is 0 Å². The Kier molecular flexibility index (Phi) is 30.0. The summed E-state index contributed by atoms with van der Waals surface area (Å²) < 4.78 is 4.53. The summed E-state index contributed by atoms with van der Waals surface area (Å²) >= 11 is 9.23. The third-order valence-corrected chi connectivity index (χ3v) is 9.23. The number of nitrogens with zero attached hydrogens (tertiary/aromatic N) is 9. The molecule has 0 radical (unpaired) electrons. The lowest BCUT2D eigenvalue weighted by Crippen LogP contribution is -2.32. The van der Waals surface area contributed by atoms with Crippen LogP contribution in [0.3, 0.4) is 0 Å². The Hall–Kier alpha value is -7.60. The van der Waals surface area contributed by atoms with Gasteiger partial charge in [0.1, 0.15) is 0 Å². The van der Waals surface area contributed by atoms with E-state index in [-0.39, 0.29) is 16.2 Å². The van der Waals surface area contributed by atoms with Crippen LogP contribution in [0.1, 0.15) is 65.0 Å². The molecule has 0 saturated carbocycles. The normalized spacial score (nSPS) is 9.18. The van der Waals surface area contributed by atoms with Gasteiger partial charge in [0.2, 0.25) is 17.7 Å². The Balaban J connectivity index is 0.000000418. The van der Waals surface area contributed by atoms with Gasteiger partial charge in [0.05, 0.1) is 22.7 Å². The van der Waals surface area contributed by atoms with Crippen molar-refractivity contribution in [2.45, 2.75) is 69.2 Å². The zero-order chi connectivity index (χ0) is 54.2. The highest BCUT2D eigenvalue weighted by Crippen LogP contribution is 2.17. The summed E-state index contributed by atoms with van der Waals surface area (Å²) in [5.74, 6) is 5.10. The number of hydrogen-bond acceptors (Lipinski definition) is 12. The highest BCUT2D eigenvalue weighted by Gasteiger charge is 2.09. The molecule has 20 heteroatoms. The van der Waals surface area contributed by atoms with Crippen LogP contribution in [0.5, 0.6) is 0 Å². The van der Waals surface area contributed by atoms with Crippen molar-refractivity contribution in [2.75, 3.05) is 0 Å². The van der Waals surface area contributed by atoms with E-state index in [1.165, 1.54) is 39.1 Å². The molecular weight excluding hydrogens is 1120 g/mol. The maximum absolute atomic E-state index is 10.7. The summed E-state index contributed by atoms with van der Waals surface area (Å²) in [5.41, 5.74) is 9.82. The number of carbonyl (C=O) groups excluding carboxylic acids is 2. The monoisotopic (exact) mass is 1170 g/mol. The maximum Gasteiger partial charge on any atom is 0.281 e. The van der Waals surface area contributed by atoms with Gasteiger partial charge < -0.3 is 10.4 Å². The number of halogens is 3. The van der Waals surface area contributed by atoms with Crippen molar-refractivity contribution in [1.82, 2.24) is 30.1 Å². The molecule has 0 spiro atoms. The summed E-state index contributed by atoms with van der Waals surface area (Å²) in [6.07, 6.45) is 11.2. The molecule has 0 unspecified atom stereocenters. The molecule has 8 aromatic rings. The number of rotatable bonds is 2. The molecule has 376 valence electrons. The summed E-state index contributed by atoms with van der Waals surface area (Å²) in [7, 11) is 0. The van der Waals surface area contributed by atoms with Gasteiger partial charge in [-0.05, 0) is 111 Å². The summed E-state index contributed by atoms with van der Waals surface area (Å²) in [4.78, 5) is 45.6. The van der Waals surface area contributed by atoms with Crippen LogP contribution in [0, 0.1) is 87.8 Å². The Labute approximate surface area is 444 Å². The number of aromatic amines is 1. The van der Waals surface area contributed by atoms with Crippen LogP contribution in [0.25, 0.3) is 11.3 Å². The fourth-order valence-corrected chi connectivity index (χ4v) is 5.70. The molecule has 0 atom stereocenters. The molecule has 0 fully saturated rings. The van der Waals surface area contributed by atoms with Gasteiger partial charge in [0.25, 0.3) is 5.69 Å². The highest BCUT2D eigenvalue weighted by atomic mass is 79.9. The number of H-pyrrole nitrogens is 1. The lowest BCUT2D eigenvalue weighted by Gasteiger charge is -1.97. The smallest absolute Gasteiger partial charge is 0.281 e. The van der Waals surface area contributed by atoms with Crippen LogP contribution in [0.15, 0.2) is 155 Å². The fraction of sp³-hybridized carbons (Fsp3) is 0.192. The topological polar surface area (TPSA) is 236 Å². The molecule has 0 aromatic carbocycles. The van der Waals surface area contributed by atoms with E-state index < -0.39 is 4.92 Å². The lowest BCUT2D eigenvalue weighted by atomic mass is 10.2. The molecule has 0 saturated heterocycles. The predicted molar refractivity (Wildman–Crippen MR) is 286 cm³/mol. The number of ketones is 1. The van der Waals surface area contributed by atoms with E-state index in [1.54, 1.807) is 62.2 Å². The molecule has 0 amide bonds. The van der Waals surface area contributed by atoms with Crippen molar-refractivity contribution in [3.8, 4) is 23.1 Å². The summed E-state index contributed by atoms with van der Waals surface area (Å²) in [5, 5.41) is 47.4. The first-order valence-corrected chi connectivity index (χ1v) is 23.7. The molecule has 8 heterocycles. The van der Waals surface area contributed by atoms with Crippen LogP contribution in [-0.4, -0.2) is 50.7 Å². The third kappa shape index (κ3) is 29.4. The van der Waals surface area contributed by atoms with E-state index in [2.05, 4.69) is 89.8 Å². The van der Waals surface area contributed by atoms with Gasteiger partial charge >= 0.3 is 0 Å². The maximum atomic E-state index is 10.7. The first-order valence-electron chi connectivity index (χ1n) is 21.4. The zero-order valence-corrected chi connectivity index (χ0v) is 46.2. The summed E-state index contributed by atoms with van der Waals surface area (Å²) in [6.45, 7) is 17.8. The number of aromatic nitrogens is 9. The number of pyridine rings is 7. The molecule has 0 bridgehead atoms. The molecule has 17 nitrogen and oxygen atoms in total. The number of Topliss-reactive ketones (excluding diaryl/α,β-unsaturated/α-hetero) is 1. The van der Waals surface area contributed by atoms with Gasteiger partial charge in [-0.15, -0.1) is 0 Å². The van der Waals surface area contributed by atoms with Gasteiger partial charge in [-0.3, -0.25) is 49.9 Å².